The Morgan fingerprint density at radius 2 is 2.14 bits per heavy atom. The number of hydrogen-bond acceptors (Lipinski definition) is 3. The van der Waals surface area contributed by atoms with Crippen molar-refractivity contribution < 1.29 is 9.59 Å². The van der Waals surface area contributed by atoms with Gasteiger partial charge < -0.3 is 9.59 Å². The third-order valence-electron chi connectivity index (χ3n) is 1.11. The molecule has 1 rings (SSSR count). The fourth-order valence-electron chi connectivity index (χ4n) is 0.712. The van der Waals surface area contributed by atoms with Crippen molar-refractivity contribution in [2.24, 2.45) is 0 Å². The maximum atomic E-state index is 8.78. The van der Waals surface area contributed by atoms with E-state index in [1.54, 1.807) is 0 Å². The summed E-state index contributed by atoms with van der Waals surface area (Å²) in [5, 5.41) is 0. The van der Waals surface area contributed by atoms with Crippen molar-refractivity contribution in [2.75, 3.05) is 6.54 Å². The van der Waals surface area contributed by atoms with Gasteiger partial charge in [0.1, 0.15) is 0 Å². The summed E-state index contributed by atoms with van der Waals surface area (Å²) in [5.41, 5.74) is 0. The van der Waals surface area contributed by atoms with Gasteiger partial charge in [0, 0.05) is 6.04 Å². The van der Waals surface area contributed by atoms with Crippen molar-refractivity contribution in [3.05, 3.63) is 0 Å². The van der Waals surface area contributed by atoms with E-state index < -0.39 is 8.72 Å². The molecule has 0 atom stereocenters. The van der Waals surface area contributed by atoms with Gasteiger partial charge in [-0.25, -0.2) is 0 Å². The van der Waals surface area contributed by atoms with E-state index in [9.17, 15) is 0 Å². The van der Waals surface area contributed by atoms with Gasteiger partial charge in [-0.2, -0.15) is 0 Å². The molecule has 0 radical (unpaired) electrons. The summed E-state index contributed by atoms with van der Waals surface area (Å²) in [6, 6.07) is 0.590. The maximum absolute atomic E-state index is 8.78. The lowest BCUT2D eigenvalue weighted by Gasteiger charge is -2.06. The zero-order valence-electron chi connectivity index (χ0n) is 4.02. The summed E-state index contributed by atoms with van der Waals surface area (Å²) in [6.45, 7) is 0.777. The van der Waals surface area contributed by atoms with Crippen molar-refractivity contribution in [1.29, 1.82) is 0 Å². The van der Waals surface area contributed by atoms with Crippen molar-refractivity contribution in [1.82, 2.24) is 4.98 Å². The van der Waals surface area contributed by atoms with Crippen LogP contribution in [-0.2, 0) is 0 Å². The SMILES string of the molecule is O[Si]1(O)CCCN1. The summed E-state index contributed by atoms with van der Waals surface area (Å²) in [4.78, 5) is 20.2. The average Bonchev–Trinajstić information content (AvgIpc) is 1.84. The molecule has 0 amide bonds. The van der Waals surface area contributed by atoms with E-state index in [-0.39, 0.29) is 0 Å². The number of rotatable bonds is 0. The van der Waals surface area contributed by atoms with Crippen LogP contribution in [0.2, 0.25) is 6.04 Å². The molecule has 1 fully saturated rings. The molecule has 1 aliphatic rings. The first-order valence-electron chi connectivity index (χ1n) is 2.40. The molecule has 4 heteroatoms. The van der Waals surface area contributed by atoms with Crippen LogP contribution in [-0.4, -0.2) is 24.9 Å². The molecule has 0 saturated carbocycles. The van der Waals surface area contributed by atoms with Crippen molar-refractivity contribution in [2.45, 2.75) is 12.5 Å². The third kappa shape index (κ3) is 1.24. The molecule has 0 aromatic heterocycles. The fraction of sp³-hybridized carbons (Fsp3) is 1.00. The molecule has 42 valence electrons. The Balaban J connectivity index is 2.40. The summed E-state index contributed by atoms with van der Waals surface area (Å²) < 4.78 is 0. The Kier molecular flexibility index (Phi) is 1.16. The Morgan fingerprint density at radius 3 is 2.29 bits per heavy atom. The lowest BCUT2D eigenvalue weighted by atomic mass is 10.5. The van der Waals surface area contributed by atoms with Crippen molar-refractivity contribution in [3.63, 3.8) is 0 Å². The van der Waals surface area contributed by atoms with Gasteiger partial charge in [-0.1, -0.05) is 0 Å². The second-order valence-electron chi connectivity index (χ2n) is 1.85. The van der Waals surface area contributed by atoms with Crippen LogP contribution in [0.15, 0.2) is 0 Å². The molecule has 3 N–H and O–H groups in total. The van der Waals surface area contributed by atoms with E-state index in [0.29, 0.717) is 6.04 Å². The Bertz CT molecular complexity index is 67.3. The fourth-order valence-corrected chi connectivity index (χ4v) is 2.14. The van der Waals surface area contributed by atoms with Crippen molar-refractivity contribution in [3.8, 4) is 0 Å². The van der Waals surface area contributed by atoms with Crippen LogP contribution >= 0.6 is 0 Å². The number of nitrogens with one attached hydrogen (secondary N) is 1. The molecule has 1 saturated heterocycles. The van der Waals surface area contributed by atoms with E-state index >= 15 is 0 Å². The predicted octanol–water partition coefficient (Wildman–Crippen LogP) is -1.10. The first kappa shape index (κ1) is 5.24. The second kappa shape index (κ2) is 1.55. The van der Waals surface area contributed by atoms with Crippen LogP contribution in [0.1, 0.15) is 6.42 Å². The molecule has 0 aromatic carbocycles. The van der Waals surface area contributed by atoms with Gasteiger partial charge in [0.05, 0.1) is 0 Å². The third-order valence-corrected chi connectivity index (χ3v) is 2.98. The van der Waals surface area contributed by atoms with E-state index in [4.69, 9.17) is 9.59 Å². The summed E-state index contributed by atoms with van der Waals surface area (Å²) >= 11 is 0. The molecule has 0 aromatic rings. The standard InChI is InChI=1S/C3H9NO2Si/c5-7(6)3-1-2-4-7/h4-6H,1-3H2. The highest BCUT2D eigenvalue weighted by atomic mass is 28.4. The van der Waals surface area contributed by atoms with E-state index in [0.717, 1.165) is 13.0 Å². The Labute approximate surface area is 43.3 Å². The van der Waals surface area contributed by atoms with Gasteiger partial charge in [-0.3, -0.25) is 4.98 Å². The van der Waals surface area contributed by atoms with E-state index in [1.807, 2.05) is 0 Å². The second-order valence-corrected chi connectivity index (χ2v) is 4.33. The van der Waals surface area contributed by atoms with Crippen LogP contribution in [0.5, 0.6) is 0 Å². The van der Waals surface area contributed by atoms with Gasteiger partial charge in [-0.15, -0.1) is 0 Å². The minimum absolute atomic E-state index is 0.590. The summed E-state index contributed by atoms with van der Waals surface area (Å²) in [7, 11) is -2.79. The Morgan fingerprint density at radius 1 is 1.43 bits per heavy atom. The molecule has 1 aliphatic heterocycles. The Hall–Kier alpha value is 0.0969. The van der Waals surface area contributed by atoms with Gasteiger partial charge in [0.2, 0.25) is 0 Å². The highest BCUT2D eigenvalue weighted by molar-refractivity contribution is 6.62. The first-order chi connectivity index (χ1) is 3.21. The van der Waals surface area contributed by atoms with Gasteiger partial charge in [-0.05, 0) is 13.0 Å². The van der Waals surface area contributed by atoms with Crippen LogP contribution in [0, 0.1) is 0 Å². The van der Waals surface area contributed by atoms with E-state index in [2.05, 4.69) is 4.98 Å². The molecule has 3 nitrogen and oxygen atoms in total. The number of hydrogen-bond donors (Lipinski definition) is 3. The summed E-state index contributed by atoms with van der Waals surface area (Å²) in [6.07, 6.45) is 0.916. The zero-order valence-corrected chi connectivity index (χ0v) is 5.02. The zero-order chi connectivity index (χ0) is 5.33. The van der Waals surface area contributed by atoms with Crippen LogP contribution in [0.25, 0.3) is 0 Å². The molecule has 0 spiro atoms. The quantitative estimate of drug-likeness (QED) is 0.355. The molecular weight excluding hydrogens is 110 g/mol. The monoisotopic (exact) mass is 119 g/mol. The molecule has 0 bridgehead atoms. The van der Waals surface area contributed by atoms with Gasteiger partial charge in [0.25, 0.3) is 0 Å². The molecular formula is C3H9NO2Si. The minimum atomic E-state index is -2.79. The largest absolute Gasteiger partial charge is 0.419 e. The highest BCUT2D eigenvalue weighted by Crippen LogP contribution is 2.07. The lowest BCUT2D eigenvalue weighted by molar-refractivity contribution is 0.354. The highest BCUT2D eigenvalue weighted by Gasteiger charge is 2.33. The van der Waals surface area contributed by atoms with E-state index in [1.165, 1.54) is 0 Å². The maximum Gasteiger partial charge on any atom is 0.419 e. The smallest absolute Gasteiger partial charge is 0.399 e. The molecule has 7 heavy (non-hydrogen) atoms. The minimum Gasteiger partial charge on any atom is -0.399 e. The van der Waals surface area contributed by atoms with Crippen LogP contribution in [0.3, 0.4) is 0 Å². The average molecular weight is 119 g/mol. The molecule has 1 heterocycles. The lowest BCUT2D eigenvalue weighted by Crippen LogP contribution is -2.45. The van der Waals surface area contributed by atoms with Gasteiger partial charge >= 0.3 is 8.72 Å². The normalized spacial score (nSPS) is 28.3. The topological polar surface area (TPSA) is 52.5 Å². The van der Waals surface area contributed by atoms with Gasteiger partial charge in [0.15, 0.2) is 0 Å². The predicted molar refractivity (Wildman–Crippen MR) is 27.6 cm³/mol. The molecule has 0 unspecified atom stereocenters. The van der Waals surface area contributed by atoms with Crippen LogP contribution in [0.4, 0.5) is 0 Å². The molecule has 0 aliphatic carbocycles. The summed E-state index contributed by atoms with van der Waals surface area (Å²) in [5.74, 6) is 0. The van der Waals surface area contributed by atoms with Crippen LogP contribution < -0.4 is 4.98 Å². The first-order valence-corrected chi connectivity index (χ1v) is 4.51. The van der Waals surface area contributed by atoms with Crippen molar-refractivity contribution >= 4 is 8.72 Å².